The van der Waals surface area contributed by atoms with Crippen LogP contribution in [0.4, 0.5) is 22.0 Å². The highest BCUT2D eigenvalue weighted by Gasteiger charge is 2.38. The summed E-state index contributed by atoms with van der Waals surface area (Å²) < 4.78 is 62.1. The number of aliphatic hydroxyl groups is 1. The van der Waals surface area contributed by atoms with Crippen molar-refractivity contribution >= 4 is 22.6 Å². The minimum atomic E-state index is -4.79. The summed E-state index contributed by atoms with van der Waals surface area (Å²) in [5.41, 5.74) is -3.15. The van der Waals surface area contributed by atoms with Crippen LogP contribution in [-0.4, -0.2) is 10.1 Å². The second kappa shape index (κ2) is 4.78. The molecule has 1 N–H and O–H groups in total. The van der Waals surface area contributed by atoms with E-state index >= 15 is 0 Å². The van der Waals surface area contributed by atoms with Crippen molar-refractivity contribution in [2.75, 3.05) is 0 Å². The molecule has 8 heteroatoms. The molecule has 0 saturated carbocycles. The fraction of sp³-hybridized carbons (Fsp3) is 0.375. The lowest BCUT2D eigenvalue weighted by Gasteiger charge is -2.15. The van der Waals surface area contributed by atoms with E-state index in [-0.39, 0.29) is 3.57 Å². The molecule has 0 aliphatic heterocycles. The zero-order chi connectivity index (χ0) is 12.5. The number of nitrogens with zero attached hydrogens (tertiary/aromatic N) is 1. The van der Waals surface area contributed by atoms with Crippen molar-refractivity contribution in [1.82, 2.24) is 4.98 Å². The maximum Gasteiger partial charge on any atom is 0.417 e. The molecule has 0 fully saturated rings. The lowest BCUT2D eigenvalue weighted by atomic mass is 10.1. The standard InChI is InChI=1S/C8H5F5INO/c9-7(10)6-3(2-16)5(8(11,12)13)4(14)1-15-6/h1,7,16H,2H2. The molecule has 1 aromatic rings. The fourth-order valence-electron chi connectivity index (χ4n) is 1.20. The monoisotopic (exact) mass is 353 g/mol. The Balaban J connectivity index is 3.51. The van der Waals surface area contributed by atoms with Gasteiger partial charge in [0.25, 0.3) is 6.43 Å². The predicted octanol–water partition coefficient (Wildman–Crippen LogP) is 3.13. The van der Waals surface area contributed by atoms with E-state index < -0.39 is 36.0 Å². The van der Waals surface area contributed by atoms with Gasteiger partial charge >= 0.3 is 6.18 Å². The largest absolute Gasteiger partial charge is 0.417 e. The van der Waals surface area contributed by atoms with Crippen LogP contribution in [0.1, 0.15) is 23.2 Å². The van der Waals surface area contributed by atoms with Crippen LogP contribution in [0.25, 0.3) is 0 Å². The Bertz CT molecular complexity index is 393. The molecular weight excluding hydrogens is 348 g/mol. The van der Waals surface area contributed by atoms with E-state index in [1.807, 2.05) is 0 Å². The second-order valence-corrected chi connectivity index (χ2v) is 3.96. The van der Waals surface area contributed by atoms with Crippen LogP contribution in [0.2, 0.25) is 0 Å². The summed E-state index contributed by atoms with van der Waals surface area (Å²) in [6.45, 7) is -1.13. The van der Waals surface area contributed by atoms with Gasteiger partial charge in [0.15, 0.2) is 0 Å². The van der Waals surface area contributed by atoms with E-state index in [9.17, 15) is 22.0 Å². The number of alkyl halides is 5. The third kappa shape index (κ3) is 2.59. The molecule has 0 amide bonds. The molecule has 0 unspecified atom stereocenters. The van der Waals surface area contributed by atoms with Crippen LogP contribution in [0, 0.1) is 3.57 Å². The molecule has 1 aromatic heterocycles. The lowest BCUT2D eigenvalue weighted by Crippen LogP contribution is -2.15. The van der Waals surface area contributed by atoms with Crippen molar-refractivity contribution in [3.63, 3.8) is 0 Å². The predicted molar refractivity (Wildman–Crippen MR) is 52.8 cm³/mol. The SMILES string of the molecule is OCc1c(C(F)F)ncc(I)c1C(F)(F)F. The molecule has 0 saturated heterocycles. The van der Waals surface area contributed by atoms with Crippen molar-refractivity contribution in [1.29, 1.82) is 0 Å². The molecule has 0 aliphatic carbocycles. The molecule has 90 valence electrons. The van der Waals surface area contributed by atoms with Gasteiger partial charge in [-0.1, -0.05) is 0 Å². The third-order valence-electron chi connectivity index (χ3n) is 1.82. The van der Waals surface area contributed by atoms with Crippen molar-refractivity contribution < 1.29 is 27.1 Å². The van der Waals surface area contributed by atoms with E-state index in [0.29, 0.717) is 6.20 Å². The number of rotatable bonds is 2. The van der Waals surface area contributed by atoms with Crippen LogP contribution >= 0.6 is 22.6 Å². The Kier molecular flexibility index (Phi) is 4.05. The van der Waals surface area contributed by atoms with Crippen molar-refractivity contribution in [3.8, 4) is 0 Å². The van der Waals surface area contributed by atoms with Gasteiger partial charge in [0, 0.05) is 15.3 Å². The first-order valence-corrected chi connectivity index (χ1v) is 5.00. The molecule has 1 rings (SSSR count). The molecule has 0 bridgehead atoms. The first-order valence-electron chi connectivity index (χ1n) is 3.92. The van der Waals surface area contributed by atoms with Crippen molar-refractivity contribution in [2.24, 2.45) is 0 Å². The second-order valence-electron chi connectivity index (χ2n) is 2.80. The summed E-state index contributed by atoms with van der Waals surface area (Å²) in [4.78, 5) is 3.21. The highest BCUT2D eigenvalue weighted by molar-refractivity contribution is 14.1. The number of hydrogen-bond donors (Lipinski definition) is 1. The first kappa shape index (κ1) is 13.6. The van der Waals surface area contributed by atoms with E-state index in [0.717, 1.165) is 0 Å². The summed E-state index contributed by atoms with van der Waals surface area (Å²) in [7, 11) is 0. The summed E-state index contributed by atoms with van der Waals surface area (Å²) in [6.07, 6.45) is -7.23. The molecule has 16 heavy (non-hydrogen) atoms. The summed E-state index contributed by atoms with van der Waals surface area (Å²) >= 11 is 1.34. The van der Waals surface area contributed by atoms with Gasteiger partial charge < -0.3 is 5.11 Å². The fourth-order valence-corrected chi connectivity index (χ4v) is 1.97. The smallest absolute Gasteiger partial charge is 0.392 e. The van der Waals surface area contributed by atoms with Crippen LogP contribution in [0.3, 0.4) is 0 Å². The van der Waals surface area contributed by atoms with E-state index in [4.69, 9.17) is 5.11 Å². The van der Waals surface area contributed by atoms with Gasteiger partial charge in [-0.05, 0) is 22.6 Å². The maximum absolute atomic E-state index is 12.6. The number of aliphatic hydroxyl groups excluding tert-OH is 1. The summed E-state index contributed by atoms with van der Waals surface area (Å²) in [5, 5.41) is 8.76. The summed E-state index contributed by atoms with van der Waals surface area (Å²) in [5.74, 6) is 0. The average Bonchev–Trinajstić information content (AvgIpc) is 2.14. The Labute approximate surface area is 101 Å². The highest BCUT2D eigenvalue weighted by Crippen LogP contribution is 2.38. The van der Waals surface area contributed by atoms with Gasteiger partial charge in [-0.25, -0.2) is 8.78 Å². The Morgan fingerprint density at radius 3 is 2.31 bits per heavy atom. The van der Waals surface area contributed by atoms with Gasteiger partial charge in [0.05, 0.1) is 12.2 Å². The van der Waals surface area contributed by atoms with Crippen LogP contribution in [0.5, 0.6) is 0 Å². The van der Waals surface area contributed by atoms with Gasteiger partial charge in [-0.2, -0.15) is 13.2 Å². The number of halogens is 6. The average molecular weight is 353 g/mol. The topological polar surface area (TPSA) is 33.1 Å². The van der Waals surface area contributed by atoms with Crippen LogP contribution < -0.4 is 0 Å². The van der Waals surface area contributed by atoms with Gasteiger partial charge in [-0.3, -0.25) is 4.98 Å². The molecule has 0 spiro atoms. The van der Waals surface area contributed by atoms with Crippen molar-refractivity contribution in [2.45, 2.75) is 19.2 Å². The summed E-state index contributed by atoms with van der Waals surface area (Å²) in [6, 6.07) is 0. The Hall–Kier alpha value is -0.510. The first-order chi connectivity index (χ1) is 7.29. The van der Waals surface area contributed by atoms with E-state index in [2.05, 4.69) is 4.98 Å². The quantitative estimate of drug-likeness (QED) is 0.655. The Morgan fingerprint density at radius 1 is 1.38 bits per heavy atom. The Morgan fingerprint density at radius 2 is 1.94 bits per heavy atom. The van der Waals surface area contributed by atoms with E-state index in [1.165, 1.54) is 22.6 Å². The molecule has 0 aliphatic rings. The third-order valence-corrected chi connectivity index (χ3v) is 2.63. The van der Waals surface area contributed by atoms with Crippen LogP contribution in [-0.2, 0) is 12.8 Å². The normalized spacial score (nSPS) is 12.2. The van der Waals surface area contributed by atoms with Gasteiger partial charge in [0.1, 0.15) is 5.69 Å². The molecule has 0 aromatic carbocycles. The van der Waals surface area contributed by atoms with Gasteiger partial charge in [0.2, 0.25) is 0 Å². The molecular formula is C8H5F5INO. The molecule has 1 heterocycles. The maximum atomic E-state index is 12.6. The lowest BCUT2D eigenvalue weighted by molar-refractivity contribution is -0.139. The zero-order valence-electron chi connectivity index (χ0n) is 7.52. The van der Waals surface area contributed by atoms with Crippen LogP contribution in [0.15, 0.2) is 6.20 Å². The molecule has 0 radical (unpaired) electrons. The number of hydrogen-bond acceptors (Lipinski definition) is 2. The minimum absolute atomic E-state index is 0.321. The zero-order valence-corrected chi connectivity index (χ0v) is 9.68. The minimum Gasteiger partial charge on any atom is -0.392 e. The van der Waals surface area contributed by atoms with E-state index in [1.54, 1.807) is 0 Å². The van der Waals surface area contributed by atoms with Gasteiger partial charge in [-0.15, -0.1) is 0 Å². The highest BCUT2D eigenvalue weighted by atomic mass is 127. The number of aromatic nitrogens is 1. The molecule has 2 nitrogen and oxygen atoms in total. The number of pyridine rings is 1. The molecule has 0 atom stereocenters. The van der Waals surface area contributed by atoms with Crippen molar-refractivity contribution in [3.05, 3.63) is 26.6 Å².